The first kappa shape index (κ1) is 23.3. The van der Waals surface area contributed by atoms with Crippen molar-refractivity contribution < 1.29 is 14.2 Å². The Balaban J connectivity index is 1.57. The van der Waals surface area contributed by atoms with Gasteiger partial charge in [-0.3, -0.25) is 4.99 Å². The number of nitrogens with zero attached hydrogens (tertiary/aromatic N) is 1. The van der Waals surface area contributed by atoms with E-state index in [0.717, 1.165) is 30.0 Å². The summed E-state index contributed by atoms with van der Waals surface area (Å²) < 4.78 is 16.8. The fourth-order valence-electron chi connectivity index (χ4n) is 5.71. The molecule has 0 amide bonds. The fourth-order valence-corrected chi connectivity index (χ4v) is 8.71. The largest absolute Gasteiger partial charge is 0.493 e. The van der Waals surface area contributed by atoms with Gasteiger partial charge in [-0.25, -0.2) is 0 Å². The first-order valence-corrected chi connectivity index (χ1v) is 13.6. The van der Waals surface area contributed by atoms with Gasteiger partial charge in [0, 0.05) is 27.8 Å². The standard InChI is InChI=1S/C28H30ClNO3S/c1-31-23-13-18(14-24(32-2)26(23)33-3)12-21-16-28-11-10-20(29)15-25(28)30-17-22(27(28)34(21)4)19-8-6-5-7-9-19/h5-10,13-15,17,21-22H,11-12,16H2,1-4H3. The molecule has 3 aliphatic rings. The van der Waals surface area contributed by atoms with Crippen LogP contribution in [0.3, 0.4) is 0 Å². The van der Waals surface area contributed by atoms with Crippen molar-refractivity contribution in [1.29, 1.82) is 0 Å². The molecule has 0 fully saturated rings. The molecule has 34 heavy (non-hydrogen) atoms. The van der Waals surface area contributed by atoms with Gasteiger partial charge in [-0.05, 0) is 59.7 Å². The lowest BCUT2D eigenvalue weighted by Gasteiger charge is -2.40. The van der Waals surface area contributed by atoms with Gasteiger partial charge in [-0.1, -0.05) is 48.0 Å². The predicted octanol–water partition coefficient (Wildman–Crippen LogP) is 6.36. The summed E-state index contributed by atoms with van der Waals surface area (Å²) in [5, 5.41) is 1.28. The lowest BCUT2D eigenvalue weighted by molar-refractivity contribution is 0.323. The van der Waals surface area contributed by atoms with Gasteiger partial charge in [0.15, 0.2) is 11.5 Å². The normalized spacial score (nSPS) is 27.4. The molecule has 0 N–H and O–H groups in total. The molecule has 4 nitrogen and oxygen atoms in total. The maximum Gasteiger partial charge on any atom is 0.203 e. The van der Waals surface area contributed by atoms with Gasteiger partial charge < -0.3 is 14.2 Å². The van der Waals surface area contributed by atoms with E-state index in [1.54, 1.807) is 26.2 Å². The number of hydrogen-bond donors (Lipinski definition) is 0. The summed E-state index contributed by atoms with van der Waals surface area (Å²) in [6, 6.07) is 14.9. The number of benzene rings is 2. The first-order valence-electron chi connectivity index (χ1n) is 11.5. The van der Waals surface area contributed by atoms with E-state index in [0.29, 0.717) is 22.5 Å². The zero-order chi connectivity index (χ0) is 23.9. The van der Waals surface area contributed by atoms with Crippen LogP contribution in [0.2, 0.25) is 0 Å². The van der Waals surface area contributed by atoms with Gasteiger partial charge in [-0.2, -0.15) is 10.5 Å². The average Bonchev–Trinajstić information content (AvgIpc) is 3.15. The molecule has 4 unspecified atom stereocenters. The zero-order valence-corrected chi connectivity index (χ0v) is 21.6. The van der Waals surface area contributed by atoms with Crippen LogP contribution in [0.15, 0.2) is 70.3 Å². The third-order valence-corrected chi connectivity index (χ3v) is 10.2. The quantitative estimate of drug-likeness (QED) is 0.437. The fraction of sp³-hybridized carbons (Fsp3) is 0.357. The first-order chi connectivity index (χ1) is 16.5. The van der Waals surface area contributed by atoms with Crippen LogP contribution in [-0.2, 0) is 6.42 Å². The highest BCUT2D eigenvalue weighted by atomic mass is 35.5. The number of methoxy groups -OCH3 is 3. The van der Waals surface area contributed by atoms with Crippen molar-refractivity contribution in [3.05, 3.63) is 76.5 Å². The van der Waals surface area contributed by atoms with Crippen LogP contribution in [-0.4, -0.2) is 43.9 Å². The number of allylic oxidation sites excluding steroid dienone is 4. The van der Waals surface area contributed by atoms with E-state index in [4.69, 9.17) is 30.8 Å². The summed E-state index contributed by atoms with van der Waals surface area (Å²) in [4.78, 5) is 6.58. The Hall–Kier alpha value is -2.50. The molecule has 2 heterocycles. The van der Waals surface area contributed by atoms with Crippen molar-refractivity contribution >= 4 is 33.2 Å². The van der Waals surface area contributed by atoms with E-state index in [9.17, 15) is 0 Å². The van der Waals surface area contributed by atoms with Gasteiger partial charge in [0.05, 0.1) is 27.0 Å². The third-order valence-electron chi connectivity index (χ3n) is 7.30. The van der Waals surface area contributed by atoms with E-state index in [1.807, 2.05) is 0 Å². The highest BCUT2D eigenvalue weighted by Gasteiger charge is 2.51. The van der Waals surface area contributed by atoms with Crippen LogP contribution < -0.4 is 14.2 Å². The van der Waals surface area contributed by atoms with Gasteiger partial charge in [0.2, 0.25) is 5.75 Å². The minimum atomic E-state index is -0.0587. The monoisotopic (exact) mass is 495 g/mol. The second kappa shape index (κ2) is 9.27. The summed E-state index contributed by atoms with van der Waals surface area (Å²) in [5.41, 5.74) is 3.57. The lowest BCUT2D eigenvalue weighted by atomic mass is 9.66. The van der Waals surface area contributed by atoms with Gasteiger partial charge in [-0.15, -0.1) is 0 Å². The molecule has 4 atom stereocenters. The Morgan fingerprint density at radius 3 is 2.41 bits per heavy atom. The molecule has 5 rings (SSSR count). The van der Waals surface area contributed by atoms with E-state index < -0.39 is 0 Å². The Morgan fingerprint density at radius 2 is 1.76 bits per heavy atom. The zero-order valence-electron chi connectivity index (χ0n) is 20.0. The molecule has 1 spiro atoms. The van der Waals surface area contributed by atoms with Crippen LogP contribution in [0.1, 0.15) is 29.9 Å². The maximum absolute atomic E-state index is 6.44. The van der Waals surface area contributed by atoms with Gasteiger partial charge in [0.1, 0.15) is 0 Å². The molecule has 6 heteroatoms. The predicted molar refractivity (Wildman–Crippen MR) is 143 cm³/mol. The van der Waals surface area contributed by atoms with Crippen molar-refractivity contribution in [3.8, 4) is 17.2 Å². The molecule has 2 aromatic rings. The number of hydrogen-bond acceptors (Lipinski definition) is 4. The molecule has 0 aromatic heterocycles. The number of rotatable bonds is 6. The van der Waals surface area contributed by atoms with Crippen LogP contribution in [0, 0.1) is 5.41 Å². The smallest absolute Gasteiger partial charge is 0.203 e. The Labute approximate surface area is 209 Å². The molecule has 1 aliphatic carbocycles. The molecule has 2 aliphatic heterocycles. The van der Waals surface area contributed by atoms with E-state index in [2.05, 4.69) is 67.1 Å². The minimum absolute atomic E-state index is 0.0587. The number of halogens is 1. The van der Waals surface area contributed by atoms with E-state index >= 15 is 0 Å². The van der Waals surface area contributed by atoms with Crippen LogP contribution in [0.25, 0.3) is 0 Å². The molecule has 0 saturated carbocycles. The average molecular weight is 496 g/mol. The summed E-state index contributed by atoms with van der Waals surface area (Å²) in [6.07, 6.45) is 11.7. The Morgan fingerprint density at radius 1 is 1.06 bits per heavy atom. The maximum atomic E-state index is 6.44. The second-order valence-corrected chi connectivity index (χ2v) is 11.7. The van der Waals surface area contributed by atoms with Crippen molar-refractivity contribution in [3.63, 3.8) is 0 Å². The molecule has 2 aromatic carbocycles. The van der Waals surface area contributed by atoms with E-state index in [1.165, 1.54) is 11.1 Å². The second-order valence-electron chi connectivity index (χ2n) is 9.06. The summed E-state index contributed by atoms with van der Waals surface area (Å²) in [7, 11) is 5.05. The van der Waals surface area contributed by atoms with Gasteiger partial charge in [0.25, 0.3) is 0 Å². The molecule has 0 radical (unpaired) electrons. The Kier molecular flexibility index (Phi) is 6.34. The van der Waals surface area contributed by atoms with Gasteiger partial charge >= 0.3 is 0 Å². The molecule has 178 valence electrons. The van der Waals surface area contributed by atoms with E-state index in [-0.39, 0.29) is 21.8 Å². The number of ether oxygens (including phenoxy) is 3. The van der Waals surface area contributed by atoms with Crippen LogP contribution in [0.5, 0.6) is 17.2 Å². The third kappa shape index (κ3) is 3.79. The van der Waals surface area contributed by atoms with Crippen LogP contribution in [0.4, 0.5) is 0 Å². The number of aliphatic imine (C=N–C) groups is 1. The van der Waals surface area contributed by atoms with Crippen LogP contribution >= 0.6 is 22.1 Å². The van der Waals surface area contributed by atoms with Crippen molar-refractivity contribution in [2.24, 2.45) is 10.4 Å². The molecular weight excluding hydrogens is 466 g/mol. The molecular formula is C28H30ClNO3S. The highest BCUT2D eigenvalue weighted by molar-refractivity contribution is 8.16. The molecule has 0 bridgehead atoms. The topological polar surface area (TPSA) is 40.0 Å². The summed E-state index contributed by atoms with van der Waals surface area (Å²) >= 11 is 6.44. The van der Waals surface area contributed by atoms with Crippen molar-refractivity contribution in [2.45, 2.75) is 30.4 Å². The lowest BCUT2D eigenvalue weighted by Crippen LogP contribution is -2.38. The Bertz CT molecular complexity index is 1210. The summed E-state index contributed by atoms with van der Waals surface area (Å²) in [5.74, 6) is 2.26. The summed E-state index contributed by atoms with van der Waals surface area (Å²) in [6.45, 7) is 0. The van der Waals surface area contributed by atoms with Crippen molar-refractivity contribution in [1.82, 2.24) is 0 Å². The van der Waals surface area contributed by atoms with Crippen molar-refractivity contribution in [2.75, 3.05) is 27.6 Å². The highest BCUT2D eigenvalue weighted by Crippen LogP contribution is 2.58. The minimum Gasteiger partial charge on any atom is -0.493 e. The SMILES string of the molecule is COc1cc(CC2CC34CC=C(Cl)C=C3N=CC(c3ccccc3)C4=S2C)cc(OC)c1OC. The molecule has 0 saturated heterocycles.